The lowest BCUT2D eigenvalue weighted by Gasteiger charge is -2.27. The van der Waals surface area contributed by atoms with Crippen LogP contribution >= 0.6 is 0 Å². The highest BCUT2D eigenvalue weighted by molar-refractivity contribution is 5.70. The van der Waals surface area contributed by atoms with Gasteiger partial charge >= 0.3 is 5.97 Å². The zero-order valence-corrected chi connectivity index (χ0v) is 16.3. The summed E-state index contributed by atoms with van der Waals surface area (Å²) >= 11 is 0. The van der Waals surface area contributed by atoms with Crippen LogP contribution in [0.5, 0.6) is 5.75 Å². The molecule has 0 bridgehead atoms. The van der Waals surface area contributed by atoms with E-state index in [0.29, 0.717) is 5.92 Å². The Bertz CT molecular complexity index is 946. The van der Waals surface area contributed by atoms with Crippen LogP contribution in [0.15, 0.2) is 61.1 Å². The summed E-state index contributed by atoms with van der Waals surface area (Å²) in [4.78, 5) is 16.0. The first-order valence-electron chi connectivity index (χ1n) is 10.0. The fourth-order valence-electron chi connectivity index (χ4n) is 4.19. The molecule has 0 spiro atoms. The van der Waals surface area contributed by atoms with Crippen molar-refractivity contribution in [3.63, 3.8) is 0 Å². The third kappa shape index (κ3) is 4.33. The summed E-state index contributed by atoms with van der Waals surface area (Å²) in [6.45, 7) is 2.41. The number of fused-ring (bicyclic) bond motifs is 1. The Morgan fingerprint density at radius 2 is 2.04 bits per heavy atom. The summed E-state index contributed by atoms with van der Waals surface area (Å²) in [7, 11) is 0. The molecule has 0 fully saturated rings. The molecule has 3 aromatic rings. The lowest BCUT2D eigenvalue weighted by atomic mass is 9.80. The van der Waals surface area contributed by atoms with Gasteiger partial charge < -0.3 is 9.30 Å². The normalized spacial score (nSPS) is 15.8. The van der Waals surface area contributed by atoms with E-state index >= 15 is 0 Å². The molecule has 1 aliphatic rings. The smallest absolute Gasteiger partial charge is 0.308 e. The highest BCUT2D eigenvalue weighted by Crippen LogP contribution is 2.38. The summed E-state index contributed by atoms with van der Waals surface area (Å²) in [5, 5.41) is 0. The van der Waals surface area contributed by atoms with Gasteiger partial charge in [0.1, 0.15) is 5.75 Å². The van der Waals surface area contributed by atoms with Crippen molar-refractivity contribution in [1.29, 1.82) is 0 Å². The minimum Gasteiger partial charge on any atom is -0.426 e. The second-order valence-corrected chi connectivity index (χ2v) is 7.56. The number of hydrogen-bond acceptors (Lipinski definition) is 3. The lowest BCUT2D eigenvalue weighted by Crippen LogP contribution is -2.14. The molecule has 1 aromatic heterocycles. The number of aromatic nitrogens is 2. The number of rotatable bonds is 6. The Labute approximate surface area is 166 Å². The van der Waals surface area contributed by atoms with Gasteiger partial charge in [-0.2, -0.15) is 0 Å². The molecule has 4 heteroatoms. The molecule has 0 saturated heterocycles. The number of imidazole rings is 1. The molecule has 4 rings (SSSR count). The number of esters is 1. The fraction of sp³-hybridized carbons (Fsp3) is 0.333. The van der Waals surface area contributed by atoms with Crippen molar-refractivity contribution in [2.45, 2.75) is 51.5 Å². The zero-order chi connectivity index (χ0) is 19.3. The van der Waals surface area contributed by atoms with Crippen LogP contribution in [0, 0.1) is 0 Å². The van der Waals surface area contributed by atoms with Crippen molar-refractivity contribution in [1.82, 2.24) is 9.55 Å². The minimum absolute atomic E-state index is 0.250. The van der Waals surface area contributed by atoms with Crippen molar-refractivity contribution < 1.29 is 9.53 Å². The predicted molar refractivity (Wildman–Crippen MR) is 110 cm³/mol. The van der Waals surface area contributed by atoms with Crippen LogP contribution in [0.4, 0.5) is 0 Å². The van der Waals surface area contributed by atoms with Gasteiger partial charge in [-0.3, -0.25) is 4.79 Å². The standard InChI is InChI=1S/C24H26N2O2/c1-18(27)28-24-12-6-10-22-20(9-5-11-23(22)24)13-14-26-16-21(25-17-26)15-19-7-3-2-4-8-19/h2-4,6-8,10,12,16-17,20H,5,9,11,13-15H2,1H3. The Hall–Kier alpha value is -2.88. The monoisotopic (exact) mass is 374 g/mol. The molecule has 1 unspecified atom stereocenters. The first-order valence-corrected chi connectivity index (χ1v) is 10.0. The molecule has 1 atom stereocenters. The van der Waals surface area contributed by atoms with Gasteiger partial charge in [0.15, 0.2) is 0 Å². The second-order valence-electron chi connectivity index (χ2n) is 7.56. The number of aryl methyl sites for hydroxylation is 1. The molecule has 144 valence electrons. The Balaban J connectivity index is 1.42. The van der Waals surface area contributed by atoms with E-state index in [4.69, 9.17) is 4.74 Å². The fourth-order valence-corrected chi connectivity index (χ4v) is 4.19. The molecule has 0 saturated carbocycles. The average Bonchev–Trinajstić information content (AvgIpc) is 3.14. The van der Waals surface area contributed by atoms with Gasteiger partial charge in [0.25, 0.3) is 0 Å². The van der Waals surface area contributed by atoms with E-state index in [-0.39, 0.29) is 5.97 Å². The van der Waals surface area contributed by atoms with E-state index in [1.807, 2.05) is 24.5 Å². The quantitative estimate of drug-likeness (QED) is 0.455. The van der Waals surface area contributed by atoms with Gasteiger partial charge in [0.2, 0.25) is 0 Å². The van der Waals surface area contributed by atoms with Gasteiger partial charge in [-0.15, -0.1) is 0 Å². The maximum Gasteiger partial charge on any atom is 0.308 e. The van der Waals surface area contributed by atoms with Crippen LogP contribution in [0.25, 0.3) is 0 Å². The molecular weight excluding hydrogens is 348 g/mol. The van der Waals surface area contributed by atoms with Gasteiger partial charge in [-0.25, -0.2) is 4.98 Å². The Morgan fingerprint density at radius 3 is 2.86 bits per heavy atom. The first kappa shape index (κ1) is 18.5. The Morgan fingerprint density at radius 1 is 1.18 bits per heavy atom. The van der Waals surface area contributed by atoms with Crippen molar-refractivity contribution in [2.75, 3.05) is 0 Å². The molecule has 28 heavy (non-hydrogen) atoms. The van der Waals surface area contributed by atoms with Crippen LogP contribution in [-0.4, -0.2) is 15.5 Å². The van der Waals surface area contributed by atoms with E-state index in [1.54, 1.807) is 0 Å². The molecule has 0 aliphatic heterocycles. The summed E-state index contributed by atoms with van der Waals surface area (Å²) < 4.78 is 7.63. The number of carbonyl (C=O) groups excluding carboxylic acids is 1. The van der Waals surface area contributed by atoms with Gasteiger partial charge in [-0.05, 0) is 54.4 Å². The third-order valence-corrected chi connectivity index (χ3v) is 5.49. The number of hydrogen-bond donors (Lipinski definition) is 0. The topological polar surface area (TPSA) is 44.1 Å². The lowest BCUT2D eigenvalue weighted by molar-refractivity contribution is -0.131. The maximum absolute atomic E-state index is 11.4. The van der Waals surface area contributed by atoms with Crippen LogP contribution in [0.1, 0.15) is 54.5 Å². The van der Waals surface area contributed by atoms with Gasteiger partial charge in [0, 0.05) is 26.1 Å². The van der Waals surface area contributed by atoms with E-state index < -0.39 is 0 Å². The highest BCUT2D eigenvalue weighted by Gasteiger charge is 2.23. The second kappa shape index (κ2) is 8.42. The molecule has 1 aliphatic carbocycles. The van der Waals surface area contributed by atoms with Crippen LogP contribution < -0.4 is 4.74 Å². The van der Waals surface area contributed by atoms with E-state index in [2.05, 4.69) is 46.1 Å². The van der Waals surface area contributed by atoms with Crippen molar-refractivity contribution in [3.8, 4) is 5.75 Å². The highest BCUT2D eigenvalue weighted by atomic mass is 16.5. The van der Waals surface area contributed by atoms with Crippen molar-refractivity contribution in [3.05, 3.63) is 83.4 Å². The number of carbonyl (C=O) groups is 1. The molecular formula is C24H26N2O2. The average molecular weight is 374 g/mol. The third-order valence-electron chi connectivity index (χ3n) is 5.49. The zero-order valence-electron chi connectivity index (χ0n) is 16.3. The number of ether oxygens (including phenoxy) is 1. The van der Waals surface area contributed by atoms with E-state index in [9.17, 15) is 4.79 Å². The van der Waals surface area contributed by atoms with Crippen LogP contribution in [0.2, 0.25) is 0 Å². The summed E-state index contributed by atoms with van der Waals surface area (Å²) in [5.41, 5.74) is 4.94. The molecule has 1 heterocycles. The van der Waals surface area contributed by atoms with Crippen LogP contribution in [0.3, 0.4) is 0 Å². The van der Waals surface area contributed by atoms with Crippen molar-refractivity contribution >= 4 is 5.97 Å². The molecule has 4 nitrogen and oxygen atoms in total. The maximum atomic E-state index is 11.4. The summed E-state index contributed by atoms with van der Waals surface area (Å²) in [5.74, 6) is 0.988. The van der Waals surface area contributed by atoms with Crippen molar-refractivity contribution in [2.24, 2.45) is 0 Å². The summed E-state index contributed by atoms with van der Waals surface area (Å²) in [6.07, 6.45) is 9.34. The van der Waals surface area contributed by atoms with E-state index in [1.165, 1.54) is 30.0 Å². The molecule has 0 radical (unpaired) electrons. The molecule has 0 N–H and O–H groups in total. The molecule has 2 aromatic carbocycles. The van der Waals surface area contributed by atoms with E-state index in [0.717, 1.165) is 43.7 Å². The van der Waals surface area contributed by atoms with Gasteiger partial charge in [-0.1, -0.05) is 42.5 Å². The first-order chi connectivity index (χ1) is 13.7. The SMILES string of the molecule is CC(=O)Oc1cccc2c1CCCC2CCn1cnc(Cc2ccccc2)c1. The number of nitrogens with zero attached hydrogens (tertiary/aromatic N) is 2. The number of benzene rings is 2. The van der Waals surface area contributed by atoms with Crippen LogP contribution in [-0.2, 0) is 24.2 Å². The minimum atomic E-state index is -0.250. The van der Waals surface area contributed by atoms with Gasteiger partial charge in [0.05, 0.1) is 12.0 Å². The predicted octanol–water partition coefficient (Wildman–Crippen LogP) is 4.91. The largest absolute Gasteiger partial charge is 0.426 e. The Kier molecular flexibility index (Phi) is 5.56. The summed E-state index contributed by atoms with van der Waals surface area (Å²) in [6, 6.07) is 16.6. The molecule has 0 amide bonds.